The molecule has 1 nitrogen and oxygen atoms in total. The molecule has 0 N–H and O–H groups in total. The molecular weight excluding hydrogens is 292 g/mol. The first kappa shape index (κ1) is 19.8. The van der Waals surface area contributed by atoms with E-state index in [4.69, 9.17) is 4.74 Å². The van der Waals surface area contributed by atoms with E-state index in [1.165, 1.54) is 83.5 Å². The molecule has 0 heterocycles. The first-order chi connectivity index (χ1) is 11.8. The van der Waals surface area contributed by atoms with Crippen LogP contribution >= 0.6 is 0 Å². The highest BCUT2D eigenvalue weighted by Gasteiger charge is 2.24. The molecule has 0 saturated heterocycles. The van der Waals surface area contributed by atoms with Crippen LogP contribution in [0.2, 0.25) is 0 Å². The van der Waals surface area contributed by atoms with E-state index in [0.717, 1.165) is 24.4 Å². The van der Waals surface area contributed by atoms with Crippen LogP contribution in [0.25, 0.3) is 0 Å². The molecule has 0 radical (unpaired) electrons. The van der Waals surface area contributed by atoms with Crippen LogP contribution in [0.3, 0.4) is 0 Å². The van der Waals surface area contributed by atoms with Gasteiger partial charge >= 0.3 is 0 Å². The average Bonchev–Trinajstić information content (AvgIpc) is 2.64. The van der Waals surface area contributed by atoms with Crippen LogP contribution in [0.1, 0.15) is 90.4 Å². The molecular formula is C23H40O. The van der Waals surface area contributed by atoms with Crippen molar-refractivity contribution in [3.05, 3.63) is 24.8 Å². The summed E-state index contributed by atoms with van der Waals surface area (Å²) >= 11 is 0. The molecule has 0 aromatic carbocycles. The fourth-order valence-corrected chi connectivity index (χ4v) is 4.76. The maximum Gasteiger partial charge on any atom is 0.0648 e. The van der Waals surface area contributed by atoms with Crippen molar-refractivity contribution in [2.45, 2.75) is 96.5 Å². The Morgan fingerprint density at radius 1 is 0.833 bits per heavy atom. The molecule has 0 aromatic heterocycles. The minimum Gasteiger partial charge on any atom is -0.374 e. The van der Waals surface area contributed by atoms with E-state index in [-0.39, 0.29) is 0 Å². The van der Waals surface area contributed by atoms with Gasteiger partial charge in [-0.2, -0.15) is 0 Å². The van der Waals surface area contributed by atoms with Gasteiger partial charge in [-0.3, -0.25) is 0 Å². The van der Waals surface area contributed by atoms with Crippen LogP contribution in [-0.4, -0.2) is 12.7 Å². The summed E-state index contributed by atoms with van der Waals surface area (Å²) in [4.78, 5) is 0. The third kappa shape index (κ3) is 7.55. The zero-order chi connectivity index (χ0) is 17.0. The number of ether oxygens (including phenoxy) is 1. The molecule has 0 aromatic rings. The zero-order valence-electron chi connectivity index (χ0n) is 16.1. The van der Waals surface area contributed by atoms with Crippen LogP contribution < -0.4 is 0 Å². The van der Waals surface area contributed by atoms with Crippen LogP contribution in [-0.2, 0) is 4.74 Å². The lowest BCUT2D eigenvalue weighted by Gasteiger charge is -2.32. The molecule has 0 unspecified atom stereocenters. The maximum absolute atomic E-state index is 5.81. The van der Waals surface area contributed by atoms with Crippen molar-refractivity contribution in [2.75, 3.05) is 6.61 Å². The normalized spacial score (nSPS) is 31.4. The lowest BCUT2D eigenvalue weighted by Crippen LogP contribution is -2.22. The van der Waals surface area contributed by atoms with Crippen LogP contribution in [0.5, 0.6) is 0 Å². The molecule has 2 rings (SSSR count). The SMILES string of the molecule is C=CCO[C@H]1CC[C@H](CC[C@H]2CC[C@H](CCC/C=C\C)CC2)CC1. The average molecular weight is 333 g/mol. The summed E-state index contributed by atoms with van der Waals surface area (Å²) in [5, 5.41) is 0. The molecule has 1 heteroatoms. The molecule has 138 valence electrons. The molecule has 0 bridgehead atoms. The summed E-state index contributed by atoms with van der Waals surface area (Å²) in [6.07, 6.45) is 25.4. The van der Waals surface area contributed by atoms with E-state index in [0.29, 0.717) is 6.10 Å². The predicted molar refractivity (Wildman–Crippen MR) is 105 cm³/mol. The molecule has 0 spiro atoms. The van der Waals surface area contributed by atoms with Crippen molar-refractivity contribution in [2.24, 2.45) is 17.8 Å². The van der Waals surface area contributed by atoms with Crippen LogP contribution in [0, 0.1) is 17.8 Å². The van der Waals surface area contributed by atoms with Gasteiger partial charge in [0.2, 0.25) is 0 Å². The van der Waals surface area contributed by atoms with Crippen molar-refractivity contribution in [3.8, 4) is 0 Å². The molecule has 0 aliphatic heterocycles. The predicted octanol–water partition coefficient (Wildman–Crippen LogP) is 7.08. The number of rotatable bonds is 10. The van der Waals surface area contributed by atoms with Crippen molar-refractivity contribution in [3.63, 3.8) is 0 Å². The van der Waals surface area contributed by atoms with Gasteiger partial charge in [0.05, 0.1) is 12.7 Å². The Morgan fingerprint density at radius 2 is 1.38 bits per heavy atom. The van der Waals surface area contributed by atoms with Gasteiger partial charge in [-0.25, -0.2) is 0 Å². The Morgan fingerprint density at radius 3 is 1.92 bits per heavy atom. The van der Waals surface area contributed by atoms with E-state index in [1.54, 1.807) is 0 Å². The van der Waals surface area contributed by atoms with Gasteiger partial charge in [-0.15, -0.1) is 6.58 Å². The fraction of sp³-hybridized carbons (Fsp3) is 0.826. The van der Waals surface area contributed by atoms with Crippen molar-refractivity contribution in [1.82, 2.24) is 0 Å². The second-order valence-corrected chi connectivity index (χ2v) is 8.23. The zero-order valence-corrected chi connectivity index (χ0v) is 16.1. The first-order valence-electron chi connectivity index (χ1n) is 10.7. The minimum absolute atomic E-state index is 0.511. The monoisotopic (exact) mass is 332 g/mol. The summed E-state index contributed by atoms with van der Waals surface area (Å²) in [7, 11) is 0. The second kappa shape index (κ2) is 11.9. The molecule has 2 aliphatic rings. The molecule has 0 amide bonds. The van der Waals surface area contributed by atoms with Crippen molar-refractivity contribution >= 4 is 0 Å². The Hall–Kier alpha value is -0.560. The summed E-state index contributed by atoms with van der Waals surface area (Å²) in [6.45, 7) is 6.60. The lowest BCUT2D eigenvalue weighted by molar-refractivity contribution is 0.0326. The van der Waals surface area contributed by atoms with E-state index >= 15 is 0 Å². The van der Waals surface area contributed by atoms with Crippen molar-refractivity contribution in [1.29, 1.82) is 0 Å². The van der Waals surface area contributed by atoms with E-state index in [2.05, 4.69) is 25.7 Å². The standard InChI is InChI=1S/C23H40O/c1-3-5-6-7-8-20-9-11-21(12-10-20)13-14-22-15-17-23(18-16-22)24-19-4-2/h3-5,20-23H,2,6-19H2,1H3/b5-3-/t20-,21-,22-,23-. The Labute approximate surface area is 150 Å². The molecule has 2 aliphatic carbocycles. The van der Waals surface area contributed by atoms with Crippen molar-refractivity contribution < 1.29 is 4.74 Å². The summed E-state index contributed by atoms with van der Waals surface area (Å²) in [5.74, 6) is 3.04. The molecule has 0 atom stereocenters. The smallest absolute Gasteiger partial charge is 0.0648 e. The third-order valence-electron chi connectivity index (χ3n) is 6.41. The van der Waals surface area contributed by atoms with E-state index in [9.17, 15) is 0 Å². The van der Waals surface area contributed by atoms with Gasteiger partial charge in [0.15, 0.2) is 0 Å². The molecule has 2 saturated carbocycles. The summed E-state index contributed by atoms with van der Waals surface area (Å²) < 4.78 is 5.81. The molecule has 2 fully saturated rings. The number of hydrogen-bond acceptors (Lipinski definition) is 1. The lowest BCUT2D eigenvalue weighted by atomic mass is 9.76. The summed E-state index contributed by atoms with van der Waals surface area (Å²) in [6, 6.07) is 0. The third-order valence-corrected chi connectivity index (χ3v) is 6.41. The number of hydrogen-bond donors (Lipinski definition) is 0. The van der Waals surface area contributed by atoms with Gasteiger partial charge in [0.1, 0.15) is 0 Å². The Kier molecular flexibility index (Phi) is 9.80. The number of unbranched alkanes of at least 4 members (excludes halogenated alkanes) is 1. The Balaban J connectivity index is 1.51. The maximum atomic E-state index is 5.81. The topological polar surface area (TPSA) is 9.23 Å². The minimum atomic E-state index is 0.511. The Bertz CT molecular complexity index is 343. The van der Waals surface area contributed by atoms with E-state index in [1.807, 2.05) is 6.08 Å². The van der Waals surface area contributed by atoms with Crippen LogP contribution in [0.4, 0.5) is 0 Å². The first-order valence-corrected chi connectivity index (χ1v) is 10.7. The summed E-state index contributed by atoms with van der Waals surface area (Å²) in [5.41, 5.74) is 0. The fourth-order valence-electron chi connectivity index (χ4n) is 4.76. The highest BCUT2D eigenvalue weighted by atomic mass is 16.5. The van der Waals surface area contributed by atoms with Gasteiger partial charge in [0, 0.05) is 0 Å². The van der Waals surface area contributed by atoms with Gasteiger partial charge < -0.3 is 4.74 Å². The van der Waals surface area contributed by atoms with Crippen LogP contribution in [0.15, 0.2) is 24.8 Å². The van der Waals surface area contributed by atoms with Gasteiger partial charge in [-0.05, 0) is 63.2 Å². The highest BCUT2D eigenvalue weighted by molar-refractivity contribution is 4.80. The second-order valence-electron chi connectivity index (χ2n) is 8.23. The van der Waals surface area contributed by atoms with E-state index < -0.39 is 0 Å². The van der Waals surface area contributed by atoms with Gasteiger partial charge in [0.25, 0.3) is 0 Å². The number of allylic oxidation sites excluding steroid dienone is 2. The molecule has 24 heavy (non-hydrogen) atoms. The highest BCUT2D eigenvalue weighted by Crippen LogP contribution is 2.37. The van der Waals surface area contributed by atoms with Gasteiger partial charge in [-0.1, -0.05) is 63.2 Å². The largest absolute Gasteiger partial charge is 0.374 e. The quantitative estimate of drug-likeness (QED) is 0.307.